The zero-order valence-corrected chi connectivity index (χ0v) is 9.21. The molecule has 0 aromatic heterocycles. The van der Waals surface area contributed by atoms with Gasteiger partial charge in [-0.3, -0.25) is 4.90 Å². The number of likely N-dealkylation sites (tertiary alicyclic amines) is 1. The molecule has 1 heterocycles. The molecule has 0 radical (unpaired) electrons. The van der Waals surface area contributed by atoms with E-state index in [1.54, 1.807) is 0 Å². The Morgan fingerprint density at radius 1 is 1.38 bits per heavy atom. The van der Waals surface area contributed by atoms with Crippen LogP contribution in [0.2, 0.25) is 0 Å². The Morgan fingerprint density at radius 3 is 2.46 bits per heavy atom. The predicted octanol–water partition coefficient (Wildman–Crippen LogP) is 1.88. The zero-order valence-electron chi connectivity index (χ0n) is 9.21. The lowest BCUT2D eigenvalue weighted by molar-refractivity contribution is -0.0996. The summed E-state index contributed by atoms with van der Waals surface area (Å²) in [5.41, 5.74) is -0.349. The van der Waals surface area contributed by atoms with Gasteiger partial charge in [0.15, 0.2) is 0 Å². The highest BCUT2D eigenvalue weighted by Gasteiger charge is 2.38. The van der Waals surface area contributed by atoms with E-state index < -0.39 is 0 Å². The van der Waals surface area contributed by atoms with Gasteiger partial charge in [-0.1, -0.05) is 20.8 Å². The predicted molar refractivity (Wildman–Crippen MR) is 55.8 cm³/mol. The molecule has 0 bridgehead atoms. The van der Waals surface area contributed by atoms with E-state index in [2.05, 4.69) is 25.7 Å². The minimum Gasteiger partial charge on any atom is -0.387 e. The molecule has 2 nitrogen and oxygen atoms in total. The van der Waals surface area contributed by atoms with E-state index in [-0.39, 0.29) is 5.60 Å². The molecule has 0 amide bonds. The molecule has 78 valence electrons. The van der Waals surface area contributed by atoms with Gasteiger partial charge in [0.2, 0.25) is 0 Å². The Kier molecular flexibility index (Phi) is 3.74. The SMILES string of the molecule is CCC1(O)CN(CCCC(C)C)C1. The minimum absolute atomic E-state index is 0.349. The molecule has 1 N–H and O–H groups in total. The highest BCUT2D eigenvalue weighted by molar-refractivity contribution is 4.93. The maximum atomic E-state index is 9.76. The molecule has 0 aromatic carbocycles. The van der Waals surface area contributed by atoms with Crippen LogP contribution in [0.25, 0.3) is 0 Å². The zero-order chi connectivity index (χ0) is 9.90. The molecule has 1 aliphatic rings. The first-order valence-electron chi connectivity index (χ1n) is 5.50. The van der Waals surface area contributed by atoms with Crippen molar-refractivity contribution in [2.75, 3.05) is 19.6 Å². The van der Waals surface area contributed by atoms with E-state index in [4.69, 9.17) is 0 Å². The largest absolute Gasteiger partial charge is 0.387 e. The van der Waals surface area contributed by atoms with Crippen LogP contribution in [0.3, 0.4) is 0 Å². The Hall–Kier alpha value is -0.0800. The molecular weight excluding hydrogens is 162 g/mol. The van der Waals surface area contributed by atoms with Crippen LogP contribution in [-0.2, 0) is 0 Å². The first-order valence-corrected chi connectivity index (χ1v) is 5.50. The second kappa shape index (κ2) is 4.43. The third kappa shape index (κ3) is 3.28. The molecule has 0 spiro atoms. The van der Waals surface area contributed by atoms with Gasteiger partial charge in [0.05, 0.1) is 5.60 Å². The summed E-state index contributed by atoms with van der Waals surface area (Å²) < 4.78 is 0. The van der Waals surface area contributed by atoms with Crippen LogP contribution in [0, 0.1) is 5.92 Å². The van der Waals surface area contributed by atoms with Crippen LogP contribution in [0.4, 0.5) is 0 Å². The van der Waals surface area contributed by atoms with Gasteiger partial charge in [-0.05, 0) is 31.7 Å². The molecule has 1 fully saturated rings. The lowest BCUT2D eigenvalue weighted by Crippen LogP contribution is -2.61. The van der Waals surface area contributed by atoms with Crippen molar-refractivity contribution in [3.05, 3.63) is 0 Å². The quantitative estimate of drug-likeness (QED) is 0.707. The van der Waals surface area contributed by atoms with E-state index in [0.29, 0.717) is 0 Å². The van der Waals surface area contributed by atoms with Crippen molar-refractivity contribution in [1.29, 1.82) is 0 Å². The van der Waals surface area contributed by atoms with Crippen molar-refractivity contribution < 1.29 is 5.11 Å². The van der Waals surface area contributed by atoms with Crippen molar-refractivity contribution in [2.45, 2.75) is 45.6 Å². The van der Waals surface area contributed by atoms with Gasteiger partial charge in [-0.2, -0.15) is 0 Å². The second-order valence-corrected chi connectivity index (χ2v) is 4.82. The van der Waals surface area contributed by atoms with Crippen LogP contribution in [0.5, 0.6) is 0 Å². The summed E-state index contributed by atoms with van der Waals surface area (Å²) in [7, 11) is 0. The van der Waals surface area contributed by atoms with Crippen LogP contribution < -0.4 is 0 Å². The summed E-state index contributed by atoms with van der Waals surface area (Å²) in [5.74, 6) is 0.811. The van der Waals surface area contributed by atoms with Gasteiger partial charge in [-0.15, -0.1) is 0 Å². The number of rotatable bonds is 5. The van der Waals surface area contributed by atoms with Crippen molar-refractivity contribution in [2.24, 2.45) is 5.92 Å². The summed E-state index contributed by atoms with van der Waals surface area (Å²) in [5, 5.41) is 9.76. The molecule has 13 heavy (non-hydrogen) atoms. The highest BCUT2D eigenvalue weighted by atomic mass is 16.3. The molecule has 0 unspecified atom stereocenters. The number of β-amino-alcohol motifs (C(OH)–C–C–N with tert-alkyl or cyclic N) is 1. The van der Waals surface area contributed by atoms with E-state index in [9.17, 15) is 5.11 Å². The lowest BCUT2D eigenvalue weighted by Gasteiger charge is -2.46. The van der Waals surface area contributed by atoms with Gasteiger partial charge in [0.1, 0.15) is 0 Å². The van der Waals surface area contributed by atoms with Crippen molar-refractivity contribution in [1.82, 2.24) is 4.90 Å². The van der Waals surface area contributed by atoms with Gasteiger partial charge in [0.25, 0.3) is 0 Å². The Labute approximate surface area is 81.9 Å². The summed E-state index contributed by atoms with van der Waals surface area (Å²) in [6.07, 6.45) is 3.48. The van der Waals surface area contributed by atoms with E-state index in [1.807, 2.05) is 0 Å². The first kappa shape index (κ1) is 11.0. The molecule has 0 aliphatic carbocycles. The van der Waals surface area contributed by atoms with Crippen LogP contribution in [0.1, 0.15) is 40.0 Å². The summed E-state index contributed by atoms with van der Waals surface area (Å²) in [6.45, 7) is 9.53. The summed E-state index contributed by atoms with van der Waals surface area (Å²) >= 11 is 0. The number of hydrogen-bond acceptors (Lipinski definition) is 2. The lowest BCUT2D eigenvalue weighted by atomic mass is 9.91. The van der Waals surface area contributed by atoms with Gasteiger partial charge in [-0.25, -0.2) is 0 Å². The van der Waals surface area contributed by atoms with Gasteiger partial charge in [0, 0.05) is 13.1 Å². The van der Waals surface area contributed by atoms with Crippen LogP contribution >= 0.6 is 0 Å². The molecule has 1 saturated heterocycles. The Morgan fingerprint density at radius 2 is 2.00 bits per heavy atom. The fraction of sp³-hybridized carbons (Fsp3) is 1.00. The molecule has 1 aliphatic heterocycles. The van der Waals surface area contributed by atoms with Crippen molar-refractivity contribution in [3.63, 3.8) is 0 Å². The normalized spacial score (nSPS) is 21.9. The fourth-order valence-corrected chi connectivity index (χ4v) is 1.89. The first-order chi connectivity index (χ1) is 6.06. The second-order valence-electron chi connectivity index (χ2n) is 4.82. The average Bonchev–Trinajstić information content (AvgIpc) is 2.00. The smallest absolute Gasteiger partial charge is 0.0897 e. The van der Waals surface area contributed by atoms with Gasteiger partial charge >= 0.3 is 0 Å². The number of hydrogen-bond donors (Lipinski definition) is 1. The molecule has 1 rings (SSSR count). The standard InChI is InChI=1S/C11H23NO/c1-4-11(13)8-12(9-11)7-5-6-10(2)3/h10,13H,4-9H2,1-3H3. The minimum atomic E-state index is -0.349. The highest BCUT2D eigenvalue weighted by Crippen LogP contribution is 2.24. The van der Waals surface area contributed by atoms with E-state index in [1.165, 1.54) is 19.4 Å². The van der Waals surface area contributed by atoms with E-state index in [0.717, 1.165) is 25.4 Å². The Balaban J connectivity index is 2.02. The third-order valence-electron chi connectivity index (χ3n) is 2.95. The number of nitrogens with zero attached hydrogens (tertiary/aromatic N) is 1. The fourth-order valence-electron chi connectivity index (χ4n) is 1.89. The topological polar surface area (TPSA) is 23.5 Å². The maximum absolute atomic E-state index is 9.76. The van der Waals surface area contributed by atoms with Crippen LogP contribution in [-0.4, -0.2) is 35.2 Å². The summed E-state index contributed by atoms with van der Waals surface area (Å²) in [4.78, 5) is 2.35. The molecule has 0 saturated carbocycles. The maximum Gasteiger partial charge on any atom is 0.0897 e. The molecular formula is C11H23NO. The van der Waals surface area contributed by atoms with E-state index >= 15 is 0 Å². The number of aliphatic hydroxyl groups is 1. The monoisotopic (exact) mass is 185 g/mol. The van der Waals surface area contributed by atoms with Crippen LogP contribution in [0.15, 0.2) is 0 Å². The Bertz CT molecular complexity index is 150. The summed E-state index contributed by atoms with van der Waals surface area (Å²) in [6, 6.07) is 0. The third-order valence-corrected chi connectivity index (χ3v) is 2.95. The van der Waals surface area contributed by atoms with Crippen molar-refractivity contribution >= 4 is 0 Å². The molecule has 0 aromatic rings. The molecule has 0 atom stereocenters. The molecule has 2 heteroatoms. The van der Waals surface area contributed by atoms with Crippen molar-refractivity contribution in [3.8, 4) is 0 Å². The average molecular weight is 185 g/mol. The van der Waals surface area contributed by atoms with Gasteiger partial charge < -0.3 is 5.11 Å².